The summed E-state index contributed by atoms with van der Waals surface area (Å²) in [4.78, 5) is 4.33. The van der Waals surface area contributed by atoms with Crippen LogP contribution in [0.5, 0.6) is 0 Å². The molecule has 3 unspecified atom stereocenters. The molecule has 1 fully saturated rings. The Kier molecular flexibility index (Phi) is 3.82. The molecule has 4 heteroatoms. The predicted octanol–water partition coefficient (Wildman–Crippen LogP) is 2.38. The highest BCUT2D eigenvalue weighted by atomic mass is 15.4. The van der Waals surface area contributed by atoms with Crippen LogP contribution in [0.15, 0.2) is 6.33 Å². The van der Waals surface area contributed by atoms with Crippen molar-refractivity contribution in [2.24, 2.45) is 11.8 Å². The zero-order valence-corrected chi connectivity index (χ0v) is 11.3. The molecule has 0 bridgehead atoms. The van der Waals surface area contributed by atoms with Gasteiger partial charge in [-0.3, -0.25) is 0 Å². The largest absolute Gasteiger partial charge is 0.307 e. The fraction of sp³-hybridized carbons (Fsp3) is 0.846. The summed E-state index contributed by atoms with van der Waals surface area (Å²) in [6, 6.07) is 1.02. The van der Waals surface area contributed by atoms with Crippen LogP contribution >= 0.6 is 0 Å². The molecule has 1 N–H and O–H groups in total. The van der Waals surface area contributed by atoms with Crippen LogP contribution < -0.4 is 5.32 Å². The van der Waals surface area contributed by atoms with E-state index in [4.69, 9.17) is 0 Å². The first kappa shape index (κ1) is 12.6. The number of hydrogen-bond donors (Lipinski definition) is 1. The number of rotatable bonds is 4. The molecule has 17 heavy (non-hydrogen) atoms. The lowest BCUT2D eigenvalue weighted by atomic mass is 9.98. The van der Waals surface area contributed by atoms with Gasteiger partial charge in [0.05, 0.1) is 6.54 Å². The third-order valence-corrected chi connectivity index (χ3v) is 4.12. The highest BCUT2D eigenvalue weighted by molar-refractivity contribution is 4.90. The molecule has 1 aliphatic carbocycles. The van der Waals surface area contributed by atoms with Gasteiger partial charge in [0.2, 0.25) is 0 Å². The van der Waals surface area contributed by atoms with E-state index in [2.05, 4.69) is 43.1 Å². The van der Waals surface area contributed by atoms with Gasteiger partial charge >= 0.3 is 0 Å². The minimum absolute atomic E-state index is 0.384. The topological polar surface area (TPSA) is 42.7 Å². The molecule has 2 rings (SSSR count). The second-order valence-corrected chi connectivity index (χ2v) is 5.62. The molecular formula is C13H24N4. The summed E-state index contributed by atoms with van der Waals surface area (Å²) < 4.78 is 2.00. The van der Waals surface area contributed by atoms with Gasteiger partial charge in [0.25, 0.3) is 0 Å². The standard InChI is InChI=1S/C13H24N4/c1-9(2)17-13(15-8-16-17)7-14-12-6-5-10(3)11(12)4/h8-12,14H,5-7H2,1-4H3. The van der Waals surface area contributed by atoms with Gasteiger partial charge in [-0.1, -0.05) is 13.8 Å². The van der Waals surface area contributed by atoms with Crippen molar-refractivity contribution in [3.63, 3.8) is 0 Å². The Labute approximate surface area is 104 Å². The van der Waals surface area contributed by atoms with Crippen molar-refractivity contribution < 1.29 is 0 Å². The van der Waals surface area contributed by atoms with Gasteiger partial charge in [-0.05, 0) is 38.5 Å². The summed E-state index contributed by atoms with van der Waals surface area (Å²) in [7, 11) is 0. The van der Waals surface area contributed by atoms with E-state index in [1.165, 1.54) is 12.8 Å². The van der Waals surface area contributed by atoms with Crippen molar-refractivity contribution in [2.45, 2.75) is 59.2 Å². The van der Waals surface area contributed by atoms with Crippen LogP contribution in [-0.4, -0.2) is 20.8 Å². The van der Waals surface area contributed by atoms with Crippen molar-refractivity contribution in [2.75, 3.05) is 0 Å². The Hall–Kier alpha value is -0.900. The molecule has 1 saturated carbocycles. The maximum atomic E-state index is 4.33. The van der Waals surface area contributed by atoms with Crippen LogP contribution in [0.2, 0.25) is 0 Å². The molecule has 0 amide bonds. The number of hydrogen-bond acceptors (Lipinski definition) is 3. The minimum Gasteiger partial charge on any atom is -0.307 e. The summed E-state index contributed by atoms with van der Waals surface area (Å²) in [5.74, 6) is 2.66. The Morgan fingerprint density at radius 3 is 2.76 bits per heavy atom. The van der Waals surface area contributed by atoms with E-state index in [-0.39, 0.29) is 0 Å². The molecular weight excluding hydrogens is 212 g/mol. The molecule has 0 aliphatic heterocycles. The van der Waals surface area contributed by atoms with Gasteiger partial charge in [-0.15, -0.1) is 0 Å². The number of nitrogens with one attached hydrogen (secondary N) is 1. The third-order valence-electron chi connectivity index (χ3n) is 4.12. The highest BCUT2D eigenvalue weighted by Gasteiger charge is 2.29. The van der Waals surface area contributed by atoms with Crippen LogP contribution in [0.3, 0.4) is 0 Å². The average Bonchev–Trinajstić information content (AvgIpc) is 2.86. The van der Waals surface area contributed by atoms with E-state index in [1.54, 1.807) is 6.33 Å². The van der Waals surface area contributed by atoms with E-state index < -0.39 is 0 Å². The van der Waals surface area contributed by atoms with Crippen molar-refractivity contribution in [1.29, 1.82) is 0 Å². The average molecular weight is 236 g/mol. The normalized spacial score (nSPS) is 29.1. The lowest BCUT2D eigenvalue weighted by Crippen LogP contribution is -2.33. The van der Waals surface area contributed by atoms with Crippen LogP contribution in [0, 0.1) is 11.8 Å². The van der Waals surface area contributed by atoms with Gasteiger partial charge in [0.15, 0.2) is 0 Å². The van der Waals surface area contributed by atoms with Crippen LogP contribution in [0.1, 0.15) is 52.4 Å². The van der Waals surface area contributed by atoms with Gasteiger partial charge in [-0.25, -0.2) is 9.67 Å². The van der Waals surface area contributed by atoms with Gasteiger partial charge in [-0.2, -0.15) is 5.10 Å². The molecule has 3 atom stereocenters. The van der Waals surface area contributed by atoms with Crippen molar-refractivity contribution >= 4 is 0 Å². The smallest absolute Gasteiger partial charge is 0.141 e. The van der Waals surface area contributed by atoms with E-state index in [1.807, 2.05) is 4.68 Å². The molecule has 1 aliphatic rings. The second-order valence-electron chi connectivity index (χ2n) is 5.62. The molecule has 0 spiro atoms. The highest BCUT2D eigenvalue weighted by Crippen LogP contribution is 2.31. The summed E-state index contributed by atoms with van der Waals surface area (Å²) in [6.07, 6.45) is 4.28. The lowest BCUT2D eigenvalue weighted by molar-refractivity contribution is 0.361. The molecule has 1 aromatic heterocycles. The molecule has 1 heterocycles. The number of nitrogens with zero attached hydrogens (tertiary/aromatic N) is 3. The monoisotopic (exact) mass is 236 g/mol. The maximum Gasteiger partial charge on any atom is 0.141 e. The van der Waals surface area contributed by atoms with Crippen molar-refractivity contribution in [1.82, 2.24) is 20.1 Å². The quantitative estimate of drug-likeness (QED) is 0.873. The fourth-order valence-corrected chi connectivity index (χ4v) is 2.71. The van der Waals surface area contributed by atoms with Crippen LogP contribution in [0.25, 0.3) is 0 Å². The summed E-state index contributed by atoms with van der Waals surface area (Å²) in [5, 5.41) is 7.90. The van der Waals surface area contributed by atoms with Gasteiger partial charge in [0.1, 0.15) is 12.2 Å². The molecule has 0 radical (unpaired) electrons. The molecule has 0 saturated heterocycles. The first-order valence-electron chi connectivity index (χ1n) is 6.71. The van der Waals surface area contributed by atoms with E-state index in [9.17, 15) is 0 Å². The van der Waals surface area contributed by atoms with E-state index >= 15 is 0 Å². The molecule has 0 aromatic carbocycles. The Bertz CT molecular complexity index is 358. The summed E-state index contributed by atoms with van der Waals surface area (Å²) in [5.41, 5.74) is 0. The first-order chi connectivity index (χ1) is 8.09. The number of aromatic nitrogens is 3. The zero-order chi connectivity index (χ0) is 12.4. The van der Waals surface area contributed by atoms with Crippen molar-refractivity contribution in [3.8, 4) is 0 Å². The van der Waals surface area contributed by atoms with Crippen LogP contribution in [0.4, 0.5) is 0 Å². The molecule has 4 nitrogen and oxygen atoms in total. The summed E-state index contributed by atoms with van der Waals surface area (Å²) in [6.45, 7) is 9.81. The van der Waals surface area contributed by atoms with Gasteiger partial charge < -0.3 is 5.32 Å². The Morgan fingerprint density at radius 1 is 1.41 bits per heavy atom. The third kappa shape index (κ3) is 2.68. The summed E-state index contributed by atoms with van der Waals surface area (Å²) >= 11 is 0. The van der Waals surface area contributed by atoms with E-state index in [0.717, 1.165) is 24.2 Å². The minimum atomic E-state index is 0.384. The van der Waals surface area contributed by atoms with Gasteiger partial charge in [0, 0.05) is 12.1 Å². The van der Waals surface area contributed by atoms with Crippen molar-refractivity contribution in [3.05, 3.63) is 12.2 Å². The zero-order valence-electron chi connectivity index (χ0n) is 11.3. The molecule has 96 valence electrons. The lowest BCUT2D eigenvalue weighted by Gasteiger charge is -2.20. The van der Waals surface area contributed by atoms with E-state index in [0.29, 0.717) is 12.1 Å². The Balaban J connectivity index is 1.92. The second kappa shape index (κ2) is 5.17. The fourth-order valence-electron chi connectivity index (χ4n) is 2.71. The maximum absolute atomic E-state index is 4.33. The molecule has 1 aromatic rings. The predicted molar refractivity (Wildman–Crippen MR) is 68.6 cm³/mol. The SMILES string of the molecule is CC1CCC(NCc2ncnn2C(C)C)C1C. The first-order valence-corrected chi connectivity index (χ1v) is 6.71. The Morgan fingerprint density at radius 2 is 2.18 bits per heavy atom. The van der Waals surface area contributed by atoms with Crippen LogP contribution in [-0.2, 0) is 6.54 Å².